The van der Waals surface area contributed by atoms with E-state index in [1.54, 1.807) is 0 Å². The van der Waals surface area contributed by atoms with E-state index < -0.39 is 0 Å². The molecule has 0 aromatic carbocycles. The number of aromatic nitrogens is 2. The normalized spacial score (nSPS) is 9.32. The Morgan fingerprint density at radius 2 is 1.89 bits per heavy atom. The van der Waals surface area contributed by atoms with Crippen molar-refractivity contribution in [2.24, 2.45) is 5.73 Å². The lowest BCUT2D eigenvalue weighted by atomic mass is 10.0. The van der Waals surface area contributed by atoms with Crippen molar-refractivity contribution in [1.29, 1.82) is 0 Å². The molecule has 0 aliphatic carbocycles. The first-order valence-corrected chi connectivity index (χ1v) is 7.50. The molecule has 2 rings (SSSR count). The first-order valence-electron chi connectivity index (χ1n) is 6.70. The van der Waals surface area contributed by atoms with Crippen molar-refractivity contribution in [2.45, 2.75) is 39.6 Å². The fraction of sp³-hybridized carbons (Fsp3) is 0.500. The van der Waals surface area contributed by atoms with Crippen molar-refractivity contribution < 1.29 is 0 Å². The van der Waals surface area contributed by atoms with Crippen LogP contribution in [-0.4, -0.2) is 24.4 Å². The molecule has 2 aromatic rings. The van der Waals surface area contributed by atoms with Crippen molar-refractivity contribution in [1.82, 2.24) is 9.55 Å². The molecule has 0 aliphatic rings. The maximum Gasteiger partial charge on any atom is 0.141 e. The summed E-state index contributed by atoms with van der Waals surface area (Å²) in [6, 6.07) is 6.13. The molecule has 2 aromatic heterocycles. The summed E-state index contributed by atoms with van der Waals surface area (Å²) < 4.78 is 3.06. The minimum Gasteiger partial charge on any atom is -0.333 e. The highest BCUT2D eigenvalue weighted by Crippen LogP contribution is 2.17. The number of nitrogens with zero attached hydrogens (tertiary/aromatic N) is 2. The number of nitrogens with two attached hydrogens (primary N) is 1. The monoisotopic (exact) mass is 323 g/mol. The number of pyridine rings is 1. The third kappa shape index (κ3) is 5.79. The smallest absolute Gasteiger partial charge is 0.141 e. The molecular formula is C14H23BBrN3. The van der Waals surface area contributed by atoms with Crippen LogP contribution in [0.5, 0.6) is 0 Å². The van der Waals surface area contributed by atoms with Gasteiger partial charge in [0.2, 0.25) is 0 Å². The Labute approximate surface area is 126 Å². The average molecular weight is 324 g/mol. The van der Waals surface area contributed by atoms with E-state index in [-0.39, 0.29) is 0 Å². The molecule has 0 aliphatic heterocycles. The fourth-order valence-corrected chi connectivity index (χ4v) is 1.94. The zero-order valence-electron chi connectivity index (χ0n) is 12.1. The molecule has 0 unspecified atom stereocenters. The van der Waals surface area contributed by atoms with Crippen LogP contribution in [0.15, 0.2) is 29.0 Å². The number of halogens is 1. The van der Waals surface area contributed by atoms with Crippen molar-refractivity contribution in [2.75, 3.05) is 7.05 Å². The van der Waals surface area contributed by atoms with Crippen LogP contribution in [0.1, 0.15) is 26.7 Å². The second kappa shape index (κ2) is 11.1. The topological polar surface area (TPSA) is 43.8 Å². The van der Waals surface area contributed by atoms with Gasteiger partial charge in [-0.05, 0) is 47.6 Å². The summed E-state index contributed by atoms with van der Waals surface area (Å²) >= 11 is 3.39. The highest BCUT2D eigenvalue weighted by molar-refractivity contribution is 9.10. The maximum atomic E-state index is 5.47. The highest BCUT2D eigenvalue weighted by atomic mass is 79.9. The molecule has 0 fully saturated rings. The Balaban J connectivity index is 0.000000741. The molecule has 0 bridgehead atoms. The van der Waals surface area contributed by atoms with Crippen LogP contribution < -0.4 is 5.73 Å². The summed E-state index contributed by atoms with van der Waals surface area (Å²) in [4.78, 5) is 4.46. The molecular weight excluding hydrogens is 301 g/mol. The van der Waals surface area contributed by atoms with Gasteiger partial charge in [-0.25, -0.2) is 4.98 Å². The van der Waals surface area contributed by atoms with Crippen LogP contribution >= 0.6 is 15.9 Å². The third-order valence-corrected chi connectivity index (χ3v) is 2.87. The molecule has 5 heteroatoms. The standard InChI is InChI=1S/C11H12BBrN2.C2H6.CH5N/c12-6-1-2-7-15-8-5-9-3-4-10(13)14-11(9)15;2*1-2/h3-5,8H,1-2,6-7H2;1-2H3;2H2,1H3. The van der Waals surface area contributed by atoms with E-state index in [0.29, 0.717) is 0 Å². The van der Waals surface area contributed by atoms with Crippen molar-refractivity contribution in [3.05, 3.63) is 29.0 Å². The molecule has 2 heterocycles. The minimum atomic E-state index is 0.760. The van der Waals surface area contributed by atoms with Crippen LogP contribution in [-0.2, 0) is 6.54 Å². The van der Waals surface area contributed by atoms with Gasteiger partial charge in [-0.1, -0.05) is 26.6 Å². The van der Waals surface area contributed by atoms with E-state index in [1.165, 1.54) is 12.4 Å². The van der Waals surface area contributed by atoms with Crippen LogP contribution in [0.4, 0.5) is 0 Å². The number of rotatable bonds is 4. The molecule has 2 radical (unpaired) electrons. The number of aryl methyl sites for hydroxylation is 1. The molecule has 3 nitrogen and oxygen atoms in total. The van der Waals surface area contributed by atoms with Crippen molar-refractivity contribution in [3.63, 3.8) is 0 Å². The van der Waals surface area contributed by atoms with E-state index >= 15 is 0 Å². The van der Waals surface area contributed by atoms with E-state index in [4.69, 9.17) is 7.85 Å². The van der Waals surface area contributed by atoms with Crippen LogP contribution in [0.3, 0.4) is 0 Å². The molecule has 0 saturated heterocycles. The predicted octanol–water partition coefficient (Wildman–Crippen LogP) is 3.77. The van der Waals surface area contributed by atoms with Gasteiger partial charge in [-0.2, -0.15) is 0 Å². The Morgan fingerprint density at radius 1 is 1.21 bits per heavy atom. The zero-order valence-corrected chi connectivity index (χ0v) is 13.7. The lowest BCUT2D eigenvalue weighted by Crippen LogP contribution is -1.97. The Kier molecular flexibility index (Phi) is 10.6. The van der Waals surface area contributed by atoms with Gasteiger partial charge in [0.05, 0.1) is 7.85 Å². The summed E-state index contributed by atoms with van der Waals surface area (Å²) in [6.07, 6.45) is 5.01. The molecule has 0 amide bonds. The van der Waals surface area contributed by atoms with Gasteiger partial charge in [0.1, 0.15) is 10.3 Å². The van der Waals surface area contributed by atoms with Gasteiger partial charge in [0, 0.05) is 18.1 Å². The zero-order chi connectivity index (χ0) is 14.7. The molecule has 0 saturated carbocycles. The summed E-state index contributed by atoms with van der Waals surface area (Å²) in [5.41, 5.74) is 5.54. The lowest BCUT2D eigenvalue weighted by molar-refractivity contribution is 0.645. The maximum absolute atomic E-state index is 5.47. The Bertz CT molecular complexity index is 457. The Hall–Kier alpha value is -0.805. The summed E-state index contributed by atoms with van der Waals surface area (Å²) in [5, 5.41) is 1.19. The van der Waals surface area contributed by atoms with Crippen molar-refractivity contribution in [3.8, 4) is 0 Å². The fourth-order valence-electron chi connectivity index (χ4n) is 1.64. The predicted molar refractivity (Wildman–Crippen MR) is 88.7 cm³/mol. The van der Waals surface area contributed by atoms with Crippen LogP contribution in [0.2, 0.25) is 6.32 Å². The van der Waals surface area contributed by atoms with Crippen molar-refractivity contribution >= 4 is 34.8 Å². The van der Waals surface area contributed by atoms with Gasteiger partial charge in [-0.15, -0.1) is 0 Å². The van der Waals surface area contributed by atoms with Gasteiger partial charge in [0.15, 0.2) is 0 Å². The number of fused-ring (bicyclic) bond motifs is 1. The SMILES string of the molecule is CC.CN.[B]CCCCn1ccc2ccc(Br)nc21. The number of hydrogen-bond acceptors (Lipinski definition) is 2. The number of unbranched alkanes of at least 4 members (excludes halogenated alkanes) is 1. The minimum absolute atomic E-state index is 0.760. The molecule has 19 heavy (non-hydrogen) atoms. The lowest BCUT2D eigenvalue weighted by Gasteiger charge is -2.03. The first-order chi connectivity index (χ1) is 9.31. The quantitative estimate of drug-likeness (QED) is 0.529. The van der Waals surface area contributed by atoms with E-state index in [9.17, 15) is 0 Å². The summed E-state index contributed by atoms with van der Waals surface area (Å²) in [6.45, 7) is 4.99. The van der Waals surface area contributed by atoms with Gasteiger partial charge < -0.3 is 10.3 Å². The first kappa shape index (κ1) is 18.2. The van der Waals surface area contributed by atoms with E-state index in [0.717, 1.165) is 36.0 Å². The second-order valence-corrected chi connectivity index (χ2v) is 4.36. The third-order valence-electron chi connectivity index (χ3n) is 2.43. The van der Waals surface area contributed by atoms with Crippen LogP contribution in [0.25, 0.3) is 11.0 Å². The highest BCUT2D eigenvalue weighted by Gasteiger charge is 2.02. The summed E-state index contributed by atoms with van der Waals surface area (Å²) in [7, 11) is 6.97. The molecule has 0 spiro atoms. The second-order valence-electron chi connectivity index (χ2n) is 3.55. The van der Waals surface area contributed by atoms with E-state index in [2.05, 4.69) is 49.5 Å². The van der Waals surface area contributed by atoms with Crippen LogP contribution in [0, 0.1) is 0 Å². The number of hydrogen-bond donors (Lipinski definition) is 1. The Morgan fingerprint density at radius 3 is 2.53 bits per heavy atom. The average Bonchev–Trinajstić information content (AvgIpc) is 2.86. The van der Waals surface area contributed by atoms with E-state index in [1.807, 2.05) is 19.9 Å². The molecule has 0 atom stereocenters. The summed E-state index contributed by atoms with van der Waals surface area (Å²) in [5.74, 6) is 0. The van der Waals surface area contributed by atoms with Gasteiger partial charge in [-0.3, -0.25) is 0 Å². The largest absolute Gasteiger partial charge is 0.333 e. The van der Waals surface area contributed by atoms with Gasteiger partial charge >= 0.3 is 0 Å². The van der Waals surface area contributed by atoms with Gasteiger partial charge in [0.25, 0.3) is 0 Å². The molecule has 104 valence electrons. The molecule has 2 N–H and O–H groups in total.